The van der Waals surface area contributed by atoms with Gasteiger partial charge < -0.3 is 15.0 Å². The first-order chi connectivity index (χ1) is 11.6. The molecule has 0 spiro atoms. The molecule has 2 heterocycles. The maximum atomic E-state index is 13.4. The van der Waals surface area contributed by atoms with E-state index in [0.29, 0.717) is 12.1 Å². The van der Waals surface area contributed by atoms with Gasteiger partial charge in [-0.05, 0) is 31.9 Å². The zero-order valence-electron chi connectivity index (χ0n) is 14.3. The second-order valence-corrected chi connectivity index (χ2v) is 6.84. The van der Waals surface area contributed by atoms with Crippen LogP contribution in [0.25, 0.3) is 0 Å². The SMILES string of the molecule is C[C@@H](CN1CCOCC1)NC1CCN(c2ccc(F)c(F)c2)CC1. The molecule has 4 nitrogen and oxygen atoms in total. The molecule has 2 saturated heterocycles. The lowest BCUT2D eigenvalue weighted by Gasteiger charge is -2.36. The zero-order valence-corrected chi connectivity index (χ0v) is 14.3. The van der Waals surface area contributed by atoms with Crippen LogP contribution in [0, 0.1) is 11.6 Å². The van der Waals surface area contributed by atoms with Gasteiger partial charge in [-0.2, -0.15) is 0 Å². The molecule has 2 fully saturated rings. The number of ether oxygens (including phenoxy) is 1. The predicted molar refractivity (Wildman–Crippen MR) is 91.4 cm³/mol. The molecule has 0 unspecified atom stereocenters. The van der Waals surface area contributed by atoms with Crippen LogP contribution in [-0.4, -0.2) is 62.9 Å². The summed E-state index contributed by atoms with van der Waals surface area (Å²) in [5, 5.41) is 3.72. The molecule has 0 bridgehead atoms. The quantitative estimate of drug-likeness (QED) is 0.890. The molecule has 1 atom stereocenters. The number of hydrogen-bond acceptors (Lipinski definition) is 4. The smallest absolute Gasteiger partial charge is 0.160 e. The molecule has 0 aliphatic carbocycles. The molecule has 134 valence electrons. The molecule has 1 aromatic rings. The summed E-state index contributed by atoms with van der Waals surface area (Å²) in [6.07, 6.45) is 2.04. The van der Waals surface area contributed by atoms with Gasteiger partial charge in [0.1, 0.15) is 0 Å². The standard InChI is InChI=1S/C18H27F2N3O/c1-14(13-22-8-10-24-11-9-22)21-15-4-6-23(7-5-15)16-2-3-17(19)18(20)12-16/h2-3,12,14-15,21H,4-11,13H2,1H3/t14-/m0/s1. The van der Waals surface area contributed by atoms with Crippen LogP contribution in [0.4, 0.5) is 14.5 Å². The molecule has 2 aliphatic heterocycles. The Morgan fingerprint density at radius 2 is 1.83 bits per heavy atom. The Morgan fingerprint density at radius 1 is 1.12 bits per heavy atom. The number of piperidine rings is 1. The molecule has 0 saturated carbocycles. The molecule has 1 aromatic carbocycles. The summed E-state index contributed by atoms with van der Waals surface area (Å²) in [7, 11) is 0. The van der Waals surface area contributed by atoms with E-state index in [1.165, 1.54) is 12.1 Å². The van der Waals surface area contributed by atoms with Crippen molar-refractivity contribution >= 4 is 5.69 Å². The van der Waals surface area contributed by atoms with Gasteiger partial charge in [-0.3, -0.25) is 4.90 Å². The van der Waals surface area contributed by atoms with Crippen molar-refractivity contribution in [2.75, 3.05) is 50.8 Å². The Morgan fingerprint density at radius 3 is 2.50 bits per heavy atom. The summed E-state index contributed by atoms with van der Waals surface area (Å²) in [5.74, 6) is -1.56. The third-order valence-corrected chi connectivity index (χ3v) is 4.92. The molecule has 0 amide bonds. The molecule has 6 heteroatoms. The highest BCUT2D eigenvalue weighted by molar-refractivity contribution is 5.47. The Hall–Kier alpha value is -1.24. The van der Waals surface area contributed by atoms with Crippen molar-refractivity contribution in [3.8, 4) is 0 Å². The highest BCUT2D eigenvalue weighted by Gasteiger charge is 2.22. The zero-order chi connectivity index (χ0) is 16.9. The van der Waals surface area contributed by atoms with E-state index in [9.17, 15) is 8.78 Å². The number of halogens is 2. The molecular weight excluding hydrogens is 312 g/mol. The van der Waals surface area contributed by atoms with Gasteiger partial charge in [-0.15, -0.1) is 0 Å². The third kappa shape index (κ3) is 4.65. The van der Waals surface area contributed by atoms with Crippen LogP contribution in [0.1, 0.15) is 19.8 Å². The van der Waals surface area contributed by atoms with Crippen LogP contribution < -0.4 is 10.2 Å². The van der Waals surface area contributed by atoms with Gasteiger partial charge in [-0.1, -0.05) is 0 Å². The van der Waals surface area contributed by atoms with Crippen LogP contribution in [-0.2, 0) is 4.74 Å². The van der Waals surface area contributed by atoms with Gasteiger partial charge >= 0.3 is 0 Å². The average molecular weight is 339 g/mol. The lowest BCUT2D eigenvalue weighted by molar-refractivity contribution is 0.0337. The first-order valence-electron chi connectivity index (χ1n) is 8.88. The van der Waals surface area contributed by atoms with Gasteiger partial charge in [0.25, 0.3) is 0 Å². The highest BCUT2D eigenvalue weighted by atomic mass is 19.2. The largest absolute Gasteiger partial charge is 0.379 e. The molecule has 3 rings (SSSR count). The van der Waals surface area contributed by atoms with Gasteiger partial charge in [0, 0.05) is 56.6 Å². The van der Waals surface area contributed by atoms with Crippen LogP contribution in [0.15, 0.2) is 18.2 Å². The molecular formula is C18H27F2N3O. The fraction of sp³-hybridized carbons (Fsp3) is 0.667. The van der Waals surface area contributed by atoms with E-state index >= 15 is 0 Å². The third-order valence-electron chi connectivity index (χ3n) is 4.92. The topological polar surface area (TPSA) is 27.7 Å². The fourth-order valence-corrected chi connectivity index (χ4v) is 3.61. The summed E-state index contributed by atoms with van der Waals surface area (Å²) in [6, 6.07) is 5.10. The number of anilines is 1. The van der Waals surface area contributed by atoms with Gasteiger partial charge in [0.05, 0.1) is 13.2 Å². The first kappa shape index (κ1) is 17.6. The number of benzene rings is 1. The van der Waals surface area contributed by atoms with Crippen molar-refractivity contribution < 1.29 is 13.5 Å². The number of morpholine rings is 1. The highest BCUT2D eigenvalue weighted by Crippen LogP contribution is 2.22. The number of nitrogens with zero attached hydrogens (tertiary/aromatic N) is 2. The maximum absolute atomic E-state index is 13.4. The van der Waals surface area contributed by atoms with Crippen LogP contribution in [0.2, 0.25) is 0 Å². The van der Waals surface area contributed by atoms with Crippen LogP contribution >= 0.6 is 0 Å². The van der Waals surface area contributed by atoms with Crippen LogP contribution in [0.3, 0.4) is 0 Å². The average Bonchev–Trinajstić information content (AvgIpc) is 2.59. The van der Waals surface area contributed by atoms with Crippen molar-refractivity contribution in [1.29, 1.82) is 0 Å². The van der Waals surface area contributed by atoms with E-state index in [4.69, 9.17) is 4.74 Å². The van der Waals surface area contributed by atoms with Crippen molar-refractivity contribution in [2.45, 2.75) is 31.8 Å². The van der Waals surface area contributed by atoms with E-state index < -0.39 is 11.6 Å². The summed E-state index contributed by atoms with van der Waals surface area (Å²) in [6.45, 7) is 8.71. The van der Waals surface area contributed by atoms with Gasteiger partial charge in [-0.25, -0.2) is 8.78 Å². The summed E-state index contributed by atoms with van der Waals surface area (Å²) < 4.78 is 31.8. The van der Waals surface area contributed by atoms with Crippen molar-refractivity contribution in [3.63, 3.8) is 0 Å². The Labute approximate surface area is 142 Å². The monoisotopic (exact) mass is 339 g/mol. The van der Waals surface area contributed by atoms with E-state index in [1.54, 1.807) is 6.07 Å². The summed E-state index contributed by atoms with van der Waals surface area (Å²) in [5.41, 5.74) is 0.772. The summed E-state index contributed by atoms with van der Waals surface area (Å²) >= 11 is 0. The minimum atomic E-state index is -0.785. The molecule has 0 aromatic heterocycles. The van der Waals surface area contributed by atoms with Crippen molar-refractivity contribution in [2.24, 2.45) is 0 Å². The number of nitrogens with one attached hydrogen (secondary N) is 1. The normalized spacial score (nSPS) is 21.9. The molecule has 0 radical (unpaired) electrons. The minimum absolute atomic E-state index is 0.447. The lowest BCUT2D eigenvalue weighted by Crippen LogP contribution is -2.50. The molecule has 1 N–H and O–H groups in total. The first-order valence-corrected chi connectivity index (χ1v) is 8.88. The predicted octanol–water partition coefficient (Wildman–Crippen LogP) is 2.24. The van der Waals surface area contributed by atoms with E-state index in [0.717, 1.165) is 64.5 Å². The molecule has 24 heavy (non-hydrogen) atoms. The Bertz CT molecular complexity index is 529. The van der Waals surface area contributed by atoms with Gasteiger partial charge in [0.15, 0.2) is 11.6 Å². The molecule has 2 aliphatic rings. The van der Waals surface area contributed by atoms with Crippen molar-refractivity contribution in [3.05, 3.63) is 29.8 Å². The number of rotatable bonds is 5. The van der Waals surface area contributed by atoms with Crippen LogP contribution in [0.5, 0.6) is 0 Å². The maximum Gasteiger partial charge on any atom is 0.160 e. The van der Waals surface area contributed by atoms with Gasteiger partial charge in [0.2, 0.25) is 0 Å². The number of hydrogen-bond donors (Lipinski definition) is 1. The van der Waals surface area contributed by atoms with Crippen molar-refractivity contribution in [1.82, 2.24) is 10.2 Å². The Kier molecular flexibility index (Phi) is 6.03. The second kappa shape index (κ2) is 8.23. The fourth-order valence-electron chi connectivity index (χ4n) is 3.61. The van der Waals surface area contributed by atoms with E-state index in [2.05, 4.69) is 22.0 Å². The Balaban J connectivity index is 1.43. The summed E-state index contributed by atoms with van der Waals surface area (Å²) in [4.78, 5) is 4.57. The van der Waals surface area contributed by atoms with E-state index in [1.807, 2.05) is 0 Å². The lowest BCUT2D eigenvalue weighted by atomic mass is 10.0. The minimum Gasteiger partial charge on any atom is -0.379 e. The van der Waals surface area contributed by atoms with E-state index in [-0.39, 0.29) is 0 Å². The second-order valence-electron chi connectivity index (χ2n) is 6.84.